The number of aromatic nitrogens is 1. The number of H-pyrrole nitrogens is 1. The van der Waals surface area contributed by atoms with E-state index >= 15 is 0 Å². The molecule has 0 saturated heterocycles. The topological polar surface area (TPSA) is 15.8 Å². The Hall–Kier alpha value is -4.88. The molecule has 0 unspecified atom stereocenters. The van der Waals surface area contributed by atoms with Crippen LogP contribution in [0.1, 0.15) is 26.3 Å². The maximum Gasteiger partial charge on any atom is 0.0544 e. The van der Waals surface area contributed by atoms with E-state index < -0.39 is 0 Å². The van der Waals surface area contributed by atoms with Gasteiger partial charge in [-0.05, 0) is 72.1 Å². The van der Waals surface area contributed by atoms with Gasteiger partial charge in [0.05, 0.1) is 5.52 Å². The first kappa shape index (κ1) is 24.0. The molecule has 0 saturated carbocycles. The maximum atomic E-state index is 3.76. The number of aromatic amines is 1. The number of para-hydroxylation sites is 2. The third kappa shape index (κ3) is 3.69. The lowest BCUT2D eigenvalue weighted by Gasteiger charge is -2.20. The van der Waals surface area contributed by atoms with Gasteiger partial charge >= 0.3 is 0 Å². The molecule has 1 heteroatoms. The van der Waals surface area contributed by atoms with Crippen LogP contribution in [-0.4, -0.2) is 4.98 Å². The van der Waals surface area contributed by atoms with Crippen molar-refractivity contribution in [3.63, 3.8) is 0 Å². The first-order valence-electron chi connectivity index (χ1n) is 14.5. The molecule has 196 valence electrons. The summed E-state index contributed by atoms with van der Waals surface area (Å²) in [5.74, 6) is 0. The summed E-state index contributed by atoms with van der Waals surface area (Å²) < 4.78 is 0. The van der Waals surface area contributed by atoms with E-state index in [4.69, 9.17) is 0 Å². The van der Waals surface area contributed by atoms with Crippen LogP contribution >= 0.6 is 0 Å². The predicted molar refractivity (Wildman–Crippen MR) is 178 cm³/mol. The number of fused-ring (bicyclic) bond motifs is 6. The predicted octanol–water partition coefficient (Wildman–Crippen LogP) is 11.4. The molecular weight excluding hydrogens is 494 g/mol. The quantitative estimate of drug-likeness (QED) is 0.216. The van der Waals surface area contributed by atoms with Crippen molar-refractivity contribution < 1.29 is 0 Å². The highest BCUT2D eigenvalue weighted by atomic mass is 14.7. The molecule has 0 atom stereocenters. The Morgan fingerprint density at radius 1 is 0.463 bits per heavy atom. The van der Waals surface area contributed by atoms with Gasteiger partial charge in [0.2, 0.25) is 0 Å². The lowest BCUT2D eigenvalue weighted by molar-refractivity contribution is 0.591. The van der Waals surface area contributed by atoms with Gasteiger partial charge in [-0.1, -0.05) is 136 Å². The van der Waals surface area contributed by atoms with Gasteiger partial charge in [0, 0.05) is 21.9 Å². The minimum atomic E-state index is 0.128. The monoisotopic (exact) mass is 525 g/mol. The van der Waals surface area contributed by atoms with Gasteiger partial charge in [-0.2, -0.15) is 0 Å². The second-order valence-corrected chi connectivity index (χ2v) is 12.3. The summed E-state index contributed by atoms with van der Waals surface area (Å²) >= 11 is 0. The van der Waals surface area contributed by atoms with Crippen molar-refractivity contribution in [1.82, 2.24) is 4.98 Å². The summed E-state index contributed by atoms with van der Waals surface area (Å²) in [4.78, 5) is 3.76. The lowest BCUT2D eigenvalue weighted by atomic mass is 9.84. The second-order valence-electron chi connectivity index (χ2n) is 12.3. The largest absolute Gasteiger partial charge is 0.354 e. The molecule has 1 nitrogen and oxygen atoms in total. The Balaban J connectivity index is 1.45. The number of hydrogen-bond acceptors (Lipinski definition) is 0. The van der Waals surface area contributed by atoms with E-state index in [1.165, 1.54) is 81.9 Å². The van der Waals surface area contributed by atoms with E-state index in [-0.39, 0.29) is 5.41 Å². The van der Waals surface area contributed by atoms with Crippen LogP contribution in [0.5, 0.6) is 0 Å². The molecule has 41 heavy (non-hydrogen) atoms. The van der Waals surface area contributed by atoms with E-state index in [1.54, 1.807) is 0 Å². The van der Waals surface area contributed by atoms with Crippen LogP contribution in [-0.2, 0) is 5.41 Å². The molecule has 0 aliphatic heterocycles. The van der Waals surface area contributed by atoms with Gasteiger partial charge in [0.15, 0.2) is 0 Å². The van der Waals surface area contributed by atoms with Gasteiger partial charge < -0.3 is 4.98 Å². The highest BCUT2D eigenvalue weighted by Crippen LogP contribution is 2.46. The van der Waals surface area contributed by atoms with Gasteiger partial charge in [-0.25, -0.2) is 0 Å². The van der Waals surface area contributed by atoms with Crippen LogP contribution in [0.25, 0.3) is 76.4 Å². The van der Waals surface area contributed by atoms with E-state index in [0.29, 0.717) is 0 Å². The van der Waals surface area contributed by atoms with Crippen LogP contribution in [0.3, 0.4) is 0 Å². The number of nitrogens with one attached hydrogen (secondary N) is 1. The first-order chi connectivity index (χ1) is 20.0. The Morgan fingerprint density at radius 2 is 1.02 bits per heavy atom. The molecule has 1 aromatic heterocycles. The molecule has 0 radical (unpaired) electrons. The molecule has 0 aliphatic carbocycles. The Kier molecular flexibility index (Phi) is 5.15. The molecule has 0 aliphatic rings. The molecular formula is C40H31N. The van der Waals surface area contributed by atoms with Crippen LogP contribution in [0.15, 0.2) is 127 Å². The van der Waals surface area contributed by atoms with Crippen molar-refractivity contribution in [3.05, 3.63) is 133 Å². The number of benzene rings is 7. The van der Waals surface area contributed by atoms with Crippen LogP contribution < -0.4 is 0 Å². The zero-order valence-corrected chi connectivity index (χ0v) is 23.6. The van der Waals surface area contributed by atoms with Crippen LogP contribution in [0.2, 0.25) is 0 Å². The lowest BCUT2D eigenvalue weighted by Crippen LogP contribution is -2.10. The van der Waals surface area contributed by atoms with Gasteiger partial charge in [0.1, 0.15) is 0 Å². The molecule has 1 N–H and O–H groups in total. The Bertz CT molecular complexity index is 2230. The van der Waals surface area contributed by atoms with E-state index in [9.17, 15) is 0 Å². The first-order valence-corrected chi connectivity index (χ1v) is 14.5. The van der Waals surface area contributed by atoms with Crippen molar-refractivity contribution in [2.45, 2.75) is 26.2 Å². The number of rotatable bonds is 2. The Labute approximate surface area is 240 Å². The van der Waals surface area contributed by atoms with Crippen LogP contribution in [0, 0.1) is 0 Å². The van der Waals surface area contributed by atoms with Gasteiger partial charge in [0.25, 0.3) is 0 Å². The molecule has 1 heterocycles. The summed E-state index contributed by atoms with van der Waals surface area (Å²) in [6.07, 6.45) is 0. The second kappa shape index (κ2) is 8.81. The highest BCUT2D eigenvalue weighted by Gasteiger charge is 2.19. The zero-order valence-electron chi connectivity index (χ0n) is 23.6. The molecule has 0 spiro atoms. The average Bonchev–Trinajstić information content (AvgIpc) is 3.38. The molecule has 0 amide bonds. The summed E-state index contributed by atoms with van der Waals surface area (Å²) in [6.45, 7) is 6.83. The third-order valence-corrected chi connectivity index (χ3v) is 8.74. The molecule has 0 bridgehead atoms. The fraction of sp³-hybridized carbons (Fsp3) is 0.100. The fourth-order valence-electron chi connectivity index (χ4n) is 6.68. The zero-order chi connectivity index (χ0) is 27.7. The van der Waals surface area contributed by atoms with Gasteiger partial charge in [-0.3, -0.25) is 0 Å². The van der Waals surface area contributed by atoms with E-state index in [2.05, 4.69) is 153 Å². The van der Waals surface area contributed by atoms with Crippen molar-refractivity contribution >= 4 is 54.1 Å². The third-order valence-electron chi connectivity index (χ3n) is 8.74. The summed E-state index contributed by atoms with van der Waals surface area (Å²) in [5, 5.41) is 10.2. The summed E-state index contributed by atoms with van der Waals surface area (Å²) in [7, 11) is 0. The van der Waals surface area contributed by atoms with Gasteiger partial charge in [-0.15, -0.1) is 0 Å². The van der Waals surface area contributed by atoms with Crippen molar-refractivity contribution in [2.75, 3.05) is 0 Å². The fourth-order valence-corrected chi connectivity index (χ4v) is 6.68. The minimum Gasteiger partial charge on any atom is -0.354 e. The summed E-state index contributed by atoms with van der Waals surface area (Å²) in [6, 6.07) is 47.0. The van der Waals surface area contributed by atoms with E-state index in [1.807, 2.05) is 0 Å². The molecule has 0 fully saturated rings. The van der Waals surface area contributed by atoms with Crippen molar-refractivity contribution in [1.29, 1.82) is 0 Å². The molecule has 8 aromatic rings. The van der Waals surface area contributed by atoms with E-state index in [0.717, 1.165) is 0 Å². The van der Waals surface area contributed by atoms with Crippen LogP contribution in [0.4, 0.5) is 0 Å². The standard InChI is InChI=1S/C40H31N/c1-40(2,3)28-22-21-25-23-27(20-19-26(25)24-28)37-30-12-4-6-14-32(30)38(33-15-7-5-13-31(33)37)35-17-10-16-34-29-11-8-9-18-36(29)41-39(34)35/h4-24,41H,1-3H3. The van der Waals surface area contributed by atoms with Crippen molar-refractivity contribution in [2.24, 2.45) is 0 Å². The normalized spacial score (nSPS) is 12.3. The molecule has 8 rings (SSSR count). The Morgan fingerprint density at radius 3 is 1.71 bits per heavy atom. The highest BCUT2D eigenvalue weighted by molar-refractivity contribution is 6.24. The maximum absolute atomic E-state index is 3.76. The van der Waals surface area contributed by atoms with Crippen molar-refractivity contribution in [3.8, 4) is 22.3 Å². The molecule has 7 aromatic carbocycles. The smallest absolute Gasteiger partial charge is 0.0544 e. The minimum absolute atomic E-state index is 0.128. The average molecular weight is 526 g/mol. The number of hydrogen-bond donors (Lipinski definition) is 1. The summed E-state index contributed by atoms with van der Waals surface area (Å²) in [5.41, 5.74) is 8.93. The SMILES string of the molecule is CC(C)(C)c1ccc2cc(-c3c4ccccc4c(-c4cccc5c4[nH]c4ccccc45)c4ccccc34)ccc2c1.